The first-order valence-electron chi connectivity index (χ1n) is 17.9. The molecule has 2 heterocycles. The van der Waals surface area contributed by atoms with Gasteiger partial charge in [0.2, 0.25) is 0 Å². The highest BCUT2D eigenvalue weighted by molar-refractivity contribution is 6.27. The molecule has 0 unspecified atom stereocenters. The van der Waals surface area contributed by atoms with Crippen LogP contribution >= 0.6 is 0 Å². The topological polar surface area (TPSA) is 51.8 Å². The van der Waals surface area contributed by atoms with Crippen LogP contribution in [0.3, 0.4) is 0 Å². The summed E-state index contributed by atoms with van der Waals surface area (Å²) >= 11 is 0. The molecule has 0 spiro atoms. The molecule has 53 heavy (non-hydrogen) atoms. The molecule has 0 radical (unpaired) electrons. The van der Waals surface area contributed by atoms with E-state index >= 15 is 0 Å². The fourth-order valence-corrected chi connectivity index (χ4v) is 8.06. The standard InChI is InChI=1S/C49H29N3O/c1-2-12-33(13-3-1)47-50-48(52-49(51-47)41-20-10-22-43-46(41)40-18-6-7-21-42(40)53-43)35-16-8-15-34(29-35)37-19-9-14-31-23-24-32-26-27-38-36-17-5-4-11-30(36)25-28-39(38)45(32)44(31)37/h1-29H. The van der Waals surface area contributed by atoms with Gasteiger partial charge in [0.15, 0.2) is 17.5 Å². The van der Waals surface area contributed by atoms with Crippen LogP contribution in [0, 0.1) is 0 Å². The van der Waals surface area contributed by atoms with E-state index in [4.69, 9.17) is 19.4 Å². The number of aromatic nitrogens is 3. The normalized spacial score (nSPS) is 11.8. The van der Waals surface area contributed by atoms with Crippen molar-refractivity contribution in [2.24, 2.45) is 0 Å². The average molecular weight is 676 g/mol. The van der Waals surface area contributed by atoms with Gasteiger partial charge in [-0.05, 0) is 72.4 Å². The van der Waals surface area contributed by atoms with E-state index in [0.29, 0.717) is 17.5 Å². The largest absolute Gasteiger partial charge is 0.456 e. The van der Waals surface area contributed by atoms with Crippen molar-refractivity contribution in [3.05, 3.63) is 176 Å². The van der Waals surface area contributed by atoms with Crippen LogP contribution < -0.4 is 0 Å². The highest BCUT2D eigenvalue weighted by Crippen LogP contribution is 2.41. The summed E-state index contributed by atoms with van der Waals surface area (Å²) in [5.41, 5.74) is 6.66. The van der Waals surface area contributed by atoms with Crippen molar-refractivity contribution in [1.82, 2.24) is 15.0 Å². The Morgan fingerprint density at radius 2 is 0.887 bits per heavy atom. The summed E-state index contributed by atoms with van der Waals surface area (Å²) in [6.45, 7) is 0. The van der Waals surface area contributed by atoms with E-state index in [2.05, 4.69) is 115 Å². The van der Waals surface area contributed by atoms with Gasteiger partial charge in [0.25, 0.3) is 0 Å². The molecule has 0 N–H and O–H groups in total. The summed E-state index contributed by atoms with van der Waals surface area (Å²) < 4.78 is 6.25. The first kappa shape index (κ1) is 29.5. The molecule has 0 saturated carbocycles. The van der Waals surface area contributed by atoms with Crippen LogP contribution in [0.1, 0.15) is 0 Å². The van der Waals surface area contributed by atoms with E-state index < -0.39 is 0 Å². The molecule has 11 rings (SSSR count). The molecule has 246 valence electrons. The van der Waals surface area contributed by atoms with Gasteiger partial charge in [-0.1, -0.05) is 158 Å². The number of hydrogen-bond donors (Lipinski definition) is 0. The fraction of sp³-hybridized carbons (Fsp3) is 0. The zero-order valence-electron chi connectivity index (χ0n) is 28.5. The van der Waals surface area contributed by atoms with Crippen LogP contribution in [0.5, 0.6) is 0 Å². The van der Waals surface area contributed by atoms with E-state index in [1.165, 1.54) is 48.7 Å². The molecular weight excluding hydrogens is 647 g/mol. The van der Waals surface area contributed by atoms with Crippen molar-refractivity contribution < 1.29 is 4.42 Å². The van der Waals surface area contributed by atoms with Crippen molar-refractivity contribution in [2.45, 2.75) is 0 Å². The van der Waals surface area contributed by atoms with Crippen LogP contribution in [0.25, 0.3) is 110 Å². The second kappa shape index (κ2) is 11.7. The second-order valence-corrected chi connectivity index (χ2v) is 13.5. The van der Waals surface area contributed by atoms with Crippen molar-refractivity contribution in [1.29, 1.82) is 0 Å². The maximum atomic E-state index is 6.25. The minimum absolute atomic E-state index is 0.603. The quantitative estimate of drug-likeness (QED) is 0.174. The van der Waals surface area contributed by atoms with E-state index in [9.17, 15) is 0 Å². The molecule has 0 amide bonds. The Morgan fingerprint density at radius 1 is 0.302 bits per heavy atom. The summed E-state index contributed by atoms with van der Waals surface area (Å²) in [6, 6.07) is 61.7. The number of nitrogens with zero attached hydrogens (tertiary/aromatic N) is 3. The third-order valence-corrected chi connectivity index (χ3v) is 10.5. The van der Waals surface area contributed by atoms with Gasteiger partial charge in [0.05, 0.1) is 0 Å². The minimum Gasteiger partial charge on any atom is -0.456 e. The molecule has 0 aliphatic heterocycles. The zero-order valence-corrected chi connectivity index (χ0v) is 28.5. The van der Waals surface area contributed by atoms with Gasteiger partial charge in [0.1, 0.15) is 11.2 Å². The maximum absolute atomic E-state index is 6.25. The van der Waals surface area contributed by atoms with Crippen molar-refractivity contribution >= 4 is 65.0 Å². The lowest BCUT2D eigenvalue weighted by Gasteiger charge is -2.15. The van der Waals surface area contributed by atoms with Crippen LogP contribution in [-0.4, -0.2) is 15.0 Å². The van der Waals surface area contributed by atoms with Crippen LogP contribution in [0.2, 0.25) is 0 Å². The number of para-hydroxylation sites is 1. The summed E-state index contributed by atoms with van der Waals surface area (Å²) in [5.74, 6) is 1.84. The Hall–Kier alpha value is -7.17. The molecule has 0 aliphatic carbocycles. The number of hydrogen-bond acceptors (Lipinski definition) is 4. The number of furan rings is 1. The smallest absolute Gasteiger partial charge is 0.164 e. The maximum Gasteiger partial charge on any atom is 0.164 e. The third kappa shape index (κ3) is 4.73. The minimum atomic E-state index is 0.603. The zero-order chi connectivity index (χ0) is 34.9. The number of benzene rings is 9. The summed E-state index contributed by atoms with van der Waals surface area (Å²) in [7, 11) is 0. The Bertz CT molecular complexity index is 3240. The Labute approximate surface area is 304 Å². The highest BCUT2D eigenvalue weighted by Gasteiger charge is 2.19. The van der Waals surface area contributed by atoms with Gasteiger partial charge in [-0.25, -0.2) is 15.0 Å². The van der Waals surface area contributed by atoms with Crippen LogP contribution in [0.4, 0.5) is 0 Å². The molecule has 9 aromatic carbocycles. The molecule has 0 saturated heterocycles. The van der Waals surface area contributed by atoms with Gasteiger partial charge >= 0.3 is 0 Å². The van der Waals surface area contributed by atoms with Crippen molar-refractivity contribution in [3.8, 4) is 45.3 Å². The molecule has 0 bridgehead atoms. The monoisotopic (exact) mass is 675 g/mol. The fourth-order valence-electron chi connectivity index (χ4n) is 8.06. The predicted octanol–water partition coefficient (Wildman–Crippen LogP) is 13.1. The molecule has 0 atom stereocenters. The van der Waals surface area contributed by atoms with Gasteiger partial charge in [-0.15, -0.1) is 0 Å². The molecule has 4 heteroatoms. The predicted molar refractivity (Wildman–Crippen MR) is 219 cm³/mol. The number of fused-ring (bicyclic) bond motifs is 10. The molecule has 0 aliphatic rings. The summed E-state index contributed by atoms with van der Waals surface area (Å²) in [6.07, 6.45) is 0. The summed E-state index contributed by atoms with van der Waals surface area (Å²) in [5, 5.41) is 12.0. The Kier molecular flexibility index (Phi) is 6.52. The van der Waals surface area contributed by atoms with E-state index in [0.717, 1.165) is 44.2 Å². The van der Waals surface area contributed by atoms with Crippen LogP contribution in [0.15, 0.2) is 180 Å². The van der Waals surface area contributed by atoms with Gasteiger partial charge in [0, 0.05) is 27.5 Å². The first-order valence-corrected chi connectivity index (χ1v) is 17.9. The summed E-state index contributed by atoms with van der Waals surface area (Å²) in [4.78, 5) is 15.4. The van der Waals surface area contributed by atoms with E-state index in [-0.39, 0.29) is 0 Å². The molecule has 0 fully saturated rings. The Morgan fingerprint density at radius 3 is 1.79 bits per heavy atom. The molecular formula is C49H29N3O. The van der Waals surface area contributed by atoms with Crippen molar-refractivity contribution in [2.75, 3.05) is 0 Å². The van der Waals surface area contributed by atoms with E-state index in [1.807, 2.05) is 60.7 Å². The van der Waals surface area contributed by atoms with Crippen LogP contribution in [-0.2, 0) is 0 Å². The van der Waals surface area contributed by atoms with Gasteiger partial charge in [-0.3, -0.25) is 0 Å². The molecule has 2 aromatic heterocycles. The van der Waals surface area contributed by atoms with E-state index in [1.54, 1.807) is 0 Å². The molecule has 11 aromatic rings. The Balaban J connectivity index is 1.14. The average Bonchev–Trinajstić information content (AvgIpc) is 3.62. The first-order chi connectivity index (χ1) is 26.3. The van der Waals surface area contributed by atoms with Crippen molar-refractivity contribution in [3.63, 3.8) is 0 Å². The third-order valence-electron chi connectivity index (χ3n) is 10.5. The van der Waals surface area contributed by atoms with Gasteiger partial charge in [-0.2, -0.15) is 0 Å². The molecule has 4 nitrogen and oxygen atoms in total. The lowest BCUT2D eigenvalue weighted by Crippen LogP contribution is -2.00. The van der Waals surface area contributed by atoms with Gasteiger partial charge < -0.3 is 4.42 Å². The lowest BCUT2D eigenvalue weighted by atomic mass is 9.89. The second-order valence-electron chi connectivity index (χ2n) is 13.5. The number of rotatable bonds is 4. The SMILES string of the molecule is c1ccc(-c2nc(-c3cccc(-c4cccc5ccc6ccc7c8ccccc8ccc7c6c45)c3)nc(-c3cccc4oc5ccccc5c34)n2)cc1. The highest BCUT2D eigenvalue weighted by atomic mass is 16.3. The lowest BCUT2D eigenvalue weighted by molar-refractivity contribution is 0.669.